The van der Waals surface area contributed by atoms with E-state index in [0.29, 0.717) is 51.2 Å². The molecule has 0 unspecified atom stereocenters. The highest BCUT2D eigenvalue weighted by atomic mass is 35.5. The molecule has 8 aromatic rings. The summed E-state index contributed by atoms with van der Waals surface area (Å²) >= 11 is 31.2. The minimum absolute atomic E-state index is 0.159. The molecular weight excluding hydrogens is 906 g/mol. The highest BCUT2D eigenvalue weighted by Crippen LogP contribution is 2.34. The molecule has 4 aromatic carbocycles. The second-order valence-electron chi connectivity index (χ2n) is 14.3. The summed E-state index contributed by atoms with van der Waals surface area (Å²) in [5.74, 6) is -2.74. The number of halogens is 5. The molecule has 4 aromatic heterocycles. The zero-order valence-corrected chi connectivity index (χ0v) is 37.5. The maximum Gasteiger partial charge on any atom is 0.296 e. The molecule has 4 heterocycles. The normalized spacial score (nSPS) is 10.9. The van der Waals surface area contributed by atoms with E-state index >= 15 is 0 Å². The van der Waals surface area contributed by atoms with Crippen LogP contribution in [0.15, 0.2) is 122 Å². The van der Waals surface area contributed by atoms with Gasteiger partial charge in [-0.2, -0.15) is 0 Å². The van der Waals surface area contributed by atoms with Crippen LogP contribution in [-0.4, -0.2) is 49.6 Å². The molecule has 2 amide bonds. The number of carbonyl (C=O) groups excluding carboxylic acids is 4. The molecule has 2 N–H and O–H groups in total. The Morgan fingerprint density at radius 3 is 1.41 bits per heavy atom. The third kappa shape index (κ3) is 10.2. The van der Waals surface area contributed by atoms with Crippen LogP contribution in [-0.2, 0) is 22.7 Å². The van der Waals surface area contributed by atoms with Gasteiger partial charge in [-0.25, -0.2) is 9.97 Å². The van der Waals surface area contributed by atoms with E-state index in [1.54, 1.807) is 36.4 Å². The topological polar surface area (TPSA) is 137 Å². The third-order valence-electron chi connectivity index (χ3n) is 9.87. The van der Waals surface area contributed by atoms with Crippen molar-refractivity contribution in [2.24, 2.45) is 0 Å². The van der Waals surface area contributed by atoms with Crippen molar-refractivity contribution < 1.29 is 23.9 Å². The van der Waals surface area contributed by atoms with Crippen LogP contribution >= 0.6 is 58.0 Å². The van der Waals surface area contributed by atoms with Crippen molar-refractivity contribution >= 4 is 115 Å². The lowest BCUT2D eigenvalue weighted by molar-refractivity contribution is -0.113. The second kappa shape index (κ2) is 19.5. The predicted octanol–water partition coefficient (Wildman–Crippen LogP) is 11.7. The van der Waals surface area contributed by atoms with Crippen LogP contribution in [0, 0.1) is 13.8 Å². The van der Waals surface area contributed by atoms with Crippen LogP contribution in [0.5, 0.6) is 5.88 Å². The molecule has 0 atom stereocenters. The van der Waals surface area contributed by atoms with Gasteiger partial charge in [0.05, 0.1) is 29.3 Å². The Kier molecular flexibility index (Phi) is 13.8. The fourth-order valence-electron chi connectivity index (χ4n) is 6.84. The molecule has 0 aliphatic heterocycles. The highest BCUT2D eigenvalue weighted by Gasteiger charge is 2.28. The molecule has 0 aliphatic rings. The number of ketones is 2. The first-order valence-electron chi connectivity index (χ1n) is 19.1. The van der Waals surface area contributed by atoms with Crippen molar-refractivity contribution in [3.05, 3.63) is 180 Å². The molecule has 11 nitrogen and oxygen atoms in total. The standard InChI is InChI=1S/C24H19Cl2N3O3.C23H16Cl3N3O2/c1-14-3-8-19-18(11-14)21(23(26)29(19)13-15-4-6-16(25)7-5-15)22(30)24(31)28-17-9-10-27-20(12-17)32-2;1-13-2-7-18-17(10-13)20(21(30)23(31)28-16-8-9-27-19(25)11-16)22(26)29(18)12-14-3-5-15(24)6-4-14/h3-12H,13H2,1-2H3,(H,27,28,31);2-11H,12H2,1H3,(H,27,28,31). The van der Waals surface area contributed by atoms with E-state index < -0.39 is 23.4 Å². The smallest absolute Gasteiger partial charge is 0.296 e. The lowest BCUT2D eigenvalue weighted by Gasteiger charge is -2.08. The molecule has 16 heteroatoms. The van der Waals surface area contributed by atoms with Crippen molar-refractivity contribution in [3.8, 4) is 5.88 Å². The lowest BCUT2D eigenvalue weighted by Crippen LogP contribution is -2.23. The van der Waals surface area contributed by atoms with Gasteiger partial charge in [0.25, 0.3) is 23.4 Å². The van der Waals surface area contributed by atoms with E-state index in [-0.39, 0.29) is 26.6 Å². The molecule has 0 spiro atoms. The number of methoxy groups -OCH3 is 1. The van der Waals surface area contributed by atoms with E-state index in [0.717, 1.165) is 33.3 Å². The van der Waals surface area contributed by atoms with Gasteiger partial charge in [-0.05, 0) is 91.7 Å². The second-order valence-corrected chi connectivity index (χ2v) is 16.3. The van der Waals surface area contributed by atoms with Crippen molar-refractivity contribution in [2.45, 2.75) is 26.9 Å². The maximum atomic E-state index is 13.2. The van der Waals surface area contributed by atoms with Gasteiger partial charge in [0.15, 0.2) is 0 Å². The molecule has 8 rings (SSSR count). The summed E-state index contributed by atoms with van der Waals surface area (Å²) in [5.41, 5.74) is 6.42. The van der Waals surface area contributed by atoms with Crippen molar-refractivity contribution in [3.63, 3.8) is 0 Å². The molecule has 0 bridgehead atoms. The predicted molar refractivity (Wildman–Crippen MR) is 250 cm³/mol. The number of carbonyl (C=O) groups is 4. The number of amides is 2. The van der Waals surface area contributed by atoms with E-state index in [1.807, 2.05) is 83.6 Å². The molecular formula is C47H35Cl5N6O5. The van der Waals surface area contributed by atoms with Gasteiger partial charge in [-0.15, -0.1) is 0 Å². The maximum absolute atomic E-state index is 13.2. The van der Waals surface area contributed by atoms with Crippen molar-refractivity contribution in [1.29, 1.82) is 0 Å². The van der Waals surface area contributed by atoms with Gasteiger partial charge in [0, 0.05) is 63.7 Å². The molecule has 0 radical (unpaired) electrons. The summed E-state index contributed by atoms with van der Waals surface area (Å²) in [5, 5.41) is 8.26. The number of nitrogens with one attached hydrogen (secondary N) is 2. The first kappa shape index (κ1) is 44.8. The summed E-state index contributed by atoms with van der Waals surface area (Å²) in [7, 11) is 1.47. The molecule has 0 saturated heterocycles. The first-order chi connectivity index (χ1) is 30.2. The number of ether oxygens (including phenoxy) is 1. The Morgan fingerprint density at radius 1 is 0.556 bits per heavy atom. The monoisotopic (exact) mass is 938 g/mol. The quantitative estimate of drug-likeness (QED) is 0.0748. The Morgan fingerprint density at radius 2 is 0.984 bits per heavy atom. The number of pyridine rings is 2. The average Bonchev–Trinajstić information content (AvgIpc) is 3.68. The van der Waals surface area contributed by atoms with Gasteiger partial charge in [0.2, 0.25) is 5.88 Å². The SMILES string of the molecule is COc1cc(NC(=O)C(=O)c2c(Cl)n(Cc3ccc(Cl)cc3)c3ccc(C)cc23)ccn1.Cc1ccc2c(c1)c(C(=O)C(=O)Nc1ccnc(Cl)c1)c(Cl)n2Cc1ccc(Cl)cc1. The zero-order chi connectivity index (χ0) is 44.9. The number of rotatable bonds is 11. The number of nitrogens with zero attached hydrogens (tertiary/aromatic N) is 4. The number of fused-ring (bicyclic) bond motifs is 2. The molecule has 318 valence electrons. The lowest BCUT2D eigenvalue weighted by atomic mass is 10.1. The number of aromatic nitrogens is 4. The summed E-state index contributed by atoms with van der Waals surface area (Å²) in [6.07, 6.45) is 2.92. The van der Waals surface area contributed by atoms with Gasteiger partial charge < -0.3 is 24.5 Å². The van der Waals surface area contributed by atoms with Crippen LogP contribution < -0.4 is 15.4 Å². The Balaban J connectivity index is 0.000000189. The minimum atomic E-state index is -0.809. The molecule has 0 fully saturated rings. The number of Topliss-reactive ketones (excluding diaryl/α,β-unsaturated/α-hetero) is 2. The largest absolute Gasteiger partial charge is 0.481 e. The van der Waals surface area contributed by atoms with Gasteiger partial charge >= 0.3 is 0 Å². The van der Waals surface area contributed by atoms with E-state index in [2.05, 4.69) is 20.6 Å². The summed E-state index contributed by atoms with van der Waals surface area (Å²) in [4.78, 5) is 59.6. The zero-order valence-electron chi connectivity index (χ0n) is 33.7. The highest BCUT2D eigenvalue weighted by molar-refractivity contribution is 6.52. The van der Waals surface area contributed by atoms with Crippen molar-refractivity contribution in [2.75, 3.05) is 17.7 Å². The summed E-state index contributed by atoms with van der Waals surface area (Å²) in [6, 6.07) is 32.2. The molecule has 0 aliphatic carbocycles. The fraction of sp³-hybridized carbons (Fsp3) is 0.106. The number of anilines is 2. The van der Waals surface area contributed by atoms with E-state index in [4.69, 9.17) is 62.7 Å². The average molecular weight is 941 g/mol. The first-order valence-corrected chi connectivity index (χ1v) is 21.0. The van der Waals surface area contributed by atoms with Gasteiger partial charge in [0.1, 0.15) is 15.5 Å². The Bertz CT molecular complexity index is 3060. The van der Waals surface area contributed by atoms with Gasteiger partial charge in [-0.1, -0.05) is 106 Å². The van der Waals surface area contributed by atoms with Crippen molar-refractivity contribution in [1.82, 2.24) is 19.1 Å². The van der Waals surface area contributed by atoms with Crippen LogP contribution in [0.2, 0.25) is 25.5 Å². The number of hydrogen-bond acceptors (Lipinski definition) is 7. The Hall–Kier alpha value is -6.21. The Labute approximate surface area is 386 Å². The summed E-state index contributed by atoms with van der Waals surface area (Å²) in [6.45, 7) is 4.68. The number of benzene rings is 4. The van der Waals surface area contributed by atoms with Crippen LogP contribution in [0.25, 0.3) is 21.8 Å². The fourth-order valence-corrected chi connectivity index (χ4v) is 7.95. The van der Waals surface area contributed by atoms with E-state index in [1.165, 1.54) is 31.6 Å². The summed E-state index contributed by atoms with van der Waals surface area (Å²) < 4.78 is 8.68. The van der Waals surface area contributed by atoms with Crippen LogP contribution in [0.3, 0.4) is 0 Å². The van der Waals surface area contributed by atoms with Crippen LogP contribution in [0.1, 0.15) is 43.0 Å². The number of aryl methyl sites for hydroxylation is 2. The third-order valence-corrected chi connectivity index (χ3v) is 11.4. The van der Waals surface area contributed by atoms with E-state index in [9.17, 15) is 19.2 Å². The molecule has 0 saturated carbocycles. The number of hydrogen-bond donors (Lipinski definition) is 2. The molecule has 63 heavy (non-hydrogen) atoms. The van der Waals surface area contributed by atoms with Crippen LogP contribution in [0.4, 0.5) is 11.4 Å². The minimum Gasteiger partial charge on any atom is -0.481 e. The van der Waals surface area contributed by atoms with Gasteiger partial charge in [-0.3, -0.25) is 19.2 Å².